The molecule has 3 nitrogen and oxygen atoms in total. The highest BCUT2D eigenvalue weighted by molar-refractivity contribution is 5.07. The van der Waals surface area contributed by atoms with Crippen molar-refractivity contribution in [2.45, 2.75) is 25.6 Å². The van der Waals surface area contributed by atoms with Crippen LogP contribution in [0.5, 0.6) is 0 Å². The van der Waals surface area contributed by atoms with Crippen molar-refractivity contribution < 1.29 is 13.2 Å². The molecular formula is C9H14F3N3. The number of rotatable bonds is 4. The van der Waals surface area contributed by atoms with Crippen molar-refractivity contribution in [3.05, 3.63) is 18.0 Å². The van der Waals surface area contributed by atoms with Gasteiger partial charge in [0.2, 0.25) is 0 Å². The first-order chi connectivity index (χ1) is 6.94. The number of nitrogens with one attached hydrogen (secondary N) is 1. The number of aryl methyl sites for hydroxylation is 1. The van der Waals surface area contributed by atoms with Gasteiger partial charge in [-0.3, -0.25) is 4.68 Å². The van der Waals surface area contributed by atoms with Crippen molar-refractivity contribution >= 4 is 0 Å². The van der Waals surface area contributed by atoms with Gasteiger partial charge >= 0.3 is 6.18 Å². The van der Waals surface area contributed by atoms with Gasteiger partial charge in [-0.25, -0.2) is 0 Å². The number of halogens is 3. The topological polar surface area (TPSA) is 29.9 Å². The van der Waals surface area contributed by atoms with Gasteiger partial charge in [-0.15, -0.1) is 0 Å². The van der Waals surface area contributed by atoms with Crippen molar-refractivity contribution in [1.29, 1.82) is 0 Å². The van der Waals surface area contributed by atoms with E-state index in [0.717, 1.165) is 0 Å². The average molecular weight is 221 g/mol. The fourth-order valence-electron chi connectivity index (χ4n) is 1.49. The maximum atomic E-state index is 12.3. The first-order valence-corrected chi connectivity index (χ1v) is 4.72. The van der Waals surface area contributed by atoms with Gasteiger partial charge in [-0.2, -0.15) is 18.3 Å². The fraction of sp³-hybridized carbons (Fsp3) is 0.667. The second-order valence-electron chi connectivity index (χ2n) is 3.31. The molecule has 1 aromatic heterocycles. The van der Waals surface area contributed by atoms with E-state index < -0.39 is 18.6 Å². The molecule has 0 bridgehead atoms. The van der Waals surface area contributed by atoms with Gasteiger partial charge < -0.3 is 5.32 Å². The number of aromatic nitrogens is 2. The van der Waals surface area contributed by atoms with E-state index in [-0.39, 0.29) is 0 Å². The molecule has 6 heteroatoms. The zero-order chi connectivity index (χ0) is 11.5. The highest BCUT2D eigenvalue weighted by atomic mass is 19.4. The molecule has 0 fully saturated rings. The molecule has 1 aromatic rings. The minimum Gasteiger partial charge on any atom is -0.309 e. The SMILES string of the molecule is CCNC(CC(F)(F)F)c1ccnn1C. The van der Waals surface area contributed by atoms with E-state index in [1.807, 2.05) is 0 Å². The van der Waals surface area contributed by atoms with Gasteiger partial charge in [0.25, 0.3) is 0 Å². The molecule has 1 rings (SSSR count). The molecule has 15 heavy (non-hydrogen) atoms. The Hall–Kier alpha value is -1.04. The number of hydrogen-bond acceptors (Lipinski definition) is 2. The molecule has 0 aliphatic rings. The smallest absolute Gasteiger partial charge is 0.309 e. The molecule has 0 aromatic carbocycles. The summed E-state index contributed by atoms with van der Waals surface area (Å²) in [4.78, 5) is 0. The summed E-state index contributed by atoms with van der Waals surface area (Å²) in [5.41, 5.74) is 0.550. The third-order valence-electron chi connectivity index (χ3n) is 2.10. The molecule has 0 spiro atoms. The van der Waals surface area contributed by atoms with Crippen LogP contribution in [0.2, 0.25) is 0 Å². The zero-order valence-electron chi connectivity index (χ0n) is 8.67. The highest BCUT2D eigenvalue weighted by Gasteiger charge is 2.33. The molecule has 86 valence electrons. The maximum Gasteiger partial charge on any atom is 0.390 e. The highest BCUT2D eigenvalue weighted by Crippen LogP contribution is 2.28. The summed E-state index contributed by atoms with van der Waals surface area (Å²) < 4.78 is 38.3. The van der Waals surface area contributed by atoms with E-state index in [1.165, 1.54) is 10.9 Å². The Bertz CT molecular complexity index is 306. The first-order valence-electron chi connectivity index (χ1n) is 4.72. The summed E-state index contributed by atoms with van der Waals surface area (Å²) in [6.07, 6.45) is -3.55. The molecule has 1 heterocycles. The van der Waals surface area contributed by atoms with Crippen LogP contribution in [0.3, 0.4) is 0 Å². The van der Waals surface area contributed by atoms with Crippen LogP contribution in [0.15, 0.2) is 12.3 Å². The number of alkyl halides is 3. The van der Waals surface area contributed by atoms with Gasteiger partial charge in [0.1, 0.15) is 0 Å². The fourth-order valence-corrected chi connectivity index (χ4v) is 1.49. The molecular weight excluding hydrogens is 207 g/mol. The normalized spacial score (nSPS) is 14.2. The van der Waals surface area contributed by atoms with Crippen LogP contribution >= 0.6 is 0 Å². The Balaban J connectivity index is 2.79. The summed E-state index contributed by atoms with van der Waals surface area (Å²) >= 11 is 0. The lowest BCUT2D eigenvalue weighted by Gasteiger charge is -2.19. The van der Waals surface area contributed by atoms with Gasteiger partial charge in [0.15, 0.2) is 0 Å². The zero-order valence-corrected chi connectivity index (χ0v) is 8.67. The lowest BCUT2D eigenvalue weighted by atomic mass is 10.1. The third kappa shape index (κ3) is 3.54. The van der Waals surface area contributed by atoms with E-state index in [0.29, 0.717) is 12.2 Å². The van der Waals surface area contributed by atoms with E-state index in [2.05, 4.69) is 10.4 Å². The van der Waals surface area contributed by atoms with E-state index in [9.17, 15) is 13.2 Å². The van der Waals surface area contributed by atoms with Gasteiger partial charge in [-0.1, -0.05) is 6.92 Å². The molecule has 1 unspecified atom stereocenters. The molecule has 1 N–H and O–H groups in total. The number of nitrogens with zero attached hydrogens (tertiary/aromatic N) is 2. The lowest BCUT2D eigenvalue weighted by molar-refractivity contribution is -0.140. The summed E-state index contributed by atoms with van der Waals surface area (Å²) in [7, 11) is 1.63. The third-order valence-corrected chi connectivity index (χ3v) is 2.10. The first kappa shape index (κ1) is 12.0. The Kier molecular flexibility index (Phi) is 3.73. The summed E-state index contributed by atoms with van der Waals surface area (Å²) in [6, 6.07) is 0.876. The van der Waals surface area contributed by atoms with Crippen molar-refractivity contribution in [3.63, 3.8) is 0 Å². The van der Waals surface area contributed by atoms with Crippen LogP contribution in [0, 0.1) is 0 Å². The van der Waals surface area contributed by atoms with Crippen LogP contribution in [-0.2, 0) is 7.05 Å². The van der Waals surface area contributed by atoms with Crippen LogP contribution in [-0.4, -0.2) is 22.5 Å². The van der Waals surface area contributed by atoms with Crippen LogP contribution < -0.4 is 5.32 Å². The second kappa shape index (κ2) is 4.65. The lowest BCUT2D eigenvalue weighted by Crippen LogP contribution is -2.28. The molecule has 1 atom stereocenters. The maximum absolute atomic E-state index is 12.3. The predicted molar refractivity (Wildman–Crippen MR) is 50.3 cm³/mol. The van der Waals surface area contributed by atoms with Crippen LogP contribution in [0.4, 0.5) is 13.2 Å². The molecule has 0 amide bonds. The van der Waals surface area contributed by atoms with Crippen LogP contribution in [0.1, 0.15) is 25.1 Å². The van der Waals surface area contributed by atoms with Gasteiger partial charge in [-0.05, 0) is 12.6 Å². The second-order valence-corrected chi connectivity index (χ2v) is 3.31. The minimum absolute atomic E-state index is 0.492. The van der Waals surface area contributed by atoms with Crippen molar-refractivity contribution in [1.82, 2.24) is 15.1 Å². The quantitative estimate of drug-likeness (QED) is 0.843. The van der Waals surface area contributed by atoms with E-state index in [4.69, 9.17) is 0 Å². The molecule has 0 aliphatic carbocycles. The Morgan fingerprint density at radius 1 is 1.53 bits per heavy atom. The summed E-state index contributed by atoms with van der Waals surface area (Å²) in [6.45, 7) is 2.27. The van der Waals surface area contributed by atoms with Crippen molar-refractivity contribution in [3.8, 4) is 0 Å². The predicted octanol–water partition coefficient (Wildman–Crippen LogP) is 2.02. The van der Waals surface area contributed by atoms with Crippen LogP contribution in [0.25, 0.3) is 0 Å². The van der Waals surface area contributed by atoms with Crippen molar-refractivity contribution in [2.75, 3.05) is 6.54 Å². The Labute approximate surface area is 86.3 Å². The average Bonchev–Trinajstić information content (AvgIpc) is 2.48. The largest absolute Gasteiger partial charge is 0.390 e. The van der Waals surface area contributed by atoms with Gasteiger partial charge in [0.05, 0.1) is 18.2 Å². The van der Waals surface area contributed by atoms with E-state index >= 15 is 0 Å². The van der Waals surface area contributed by atoms with Gasteiger partial charge in [0, 0.05) is 13.2 Å². The van der Waals surface area contributed by atoms with E-state index in [1.54, 1.807) is 20.0 Å². The number of hydrogen-bond donors (Lipinski definition) is 1. The molecule has 0 radical (unpaired) electrons. The molecule has 0 saturated carbocycles. The minimum atomic E-state index is -4.17. The standard InChI is InChI=1S/C9H14F3N3/c1-3-13-7(6-9(10,11)12)8-4-5-14-15(8)2/h4-5,7,13H,3,6H2,1-2H3. The summed E-state index contributed by atoms with van der Waals surface area (Å²) in [5, 5.41) is 6.66. The monoisotopic (exact) mass is 221 g/mol. The van der Waals surface area contributed by atoms with Crippen molar-refractivity contribution in [2.24, 2.45) is 7.05 Å². The Morgan fingerprint density at radius 2 is 2.20 bits per heavy atom. The summed E-state index contributed by atoms with van der Waals surface area (Å²) in [5.74, 6) is 0. The molecule has 0 aliphatic heterocycles. The Morgan fingerprint density at radius 3 is 2.60 bits per heavy atom. The molecule has 0 saturated heterocycles.